The molecule has 3 nitrogen and oxygen atoms in total. The van der Waals surface area contributed by atoms with Crippen LogP contribution in [-0.4, -0.2) is 23.1 Å². The molecule has 0 aliphatic heterocycles. The zero-order chi connectivity index (χ0) is 9.68. The van der Waals surface area contributed by atoms with E-state index in [1.54, 1.807) is 5.48 Å². The number of carbonyl (C=O) groups is 1. The molecule has 4 heteroatoms. The summed E-state index contributed by atoms with van der Waals surface area (Å²) in [5.41, 5.74) is 1.74. The maximum absolute atomic E-state index is 11.1. The summed E-state index contributed by atoms with van der Waals surface area (Å²) in [6, 6.07) is 0. The fraction of sp³-hybridized carbons (Fsp3) is 0.889. The van der Waals surface area contributed by atoms with E-state index in [-0.39, 0.29) is 11.8 Å². The second-order valence-corrected chi connectivity index (χ2v) is 4.56. The highest BCUT2D eigenvalue weighted by molar-refractivity contribution is 7.98. The average molecular weight is 203 g/mol. The summed E-state index contributed by atoms with van der Waals surface area (Å²) in [5.74, 6) is 1.82. The third-order valence-corrected chi connectivity index (χ3v) is 3.53. The molecule has 2 N–H and O–H groups in total. The number of amides is 1. The van der Waals surface area contributed by atoms with Crippen LogP contribution >= 0.6 is 11.8 Å². The van der Waals surface area contributed by atoms with Gasteiger partial charge in [0.25, 0.3) is 0 Å². The molecule has 1 fully saturated rings. The summed E-state index contributed by atoms with van der Waals surface area (Å²) < 4.78 is 0. The van der Waals surface area contributed by atoms with Crippen LogP contribution in [0.25, 0.3) is 0 Å². The molecule has 1 rings (SSSR count). The van der Waals surface area contributed by atoms with E-state index in [1.165, 1.54) is 5.75 Å². The second kappa shape index (κ2) is 5.50. The fourth-order valence-corrected chi connectivity index (χ4v) is 2.72. The molecular formula is C9H17NO2S. The van der Waals surface area contributed by atoms with Gasteiger partial charge < -0.3 is 0 Å². The highest BCUT2D eigenvalue weighted by Gasteiger charge is 2.25. The molecule has 0 radical (unpaired) electrons. The molecule has 0 heterocycles. The molecule has 1 saturated carbocycles. The van der Waals surface area contributed by atoms with Gasteiger partial charge in [-0.15, -0.1) is 0 Å². The van der Waals surface area contributed by atoms with Crippen LogP contribution in [-0.2, 0) is 4.79 Å². The predicted molar refractivity (Wildman–Crippen MR) is 53.8 cm³/mol. The number of hydrogen-bond acceptors (Lipinski definition) is 3. The van der Waals surface area contributed by atoms with Gasteiger partial charge in [0, 0.05) is 5.92 Å². The van der Waals surface area contributed by atoms with Gasteiger partial charge in [-0.1, -0.05) is 0 Å². The number of thioether (sulfide) groups is 1. The van der Waals surface area contributed by atoms with Crippen LogP contribution in [0.5, 0.6) is 0 Å². The summed E-state index contributed by atoms with van der Waals surface area (Å²) in [4.78, 5) is 11.1. The van der Waals surface area contributed by atoms with E-state index < -0.39 is 0 Å². The lowest BCUT2D eigenvalue weighted by atomic mass is 9.82. The van der Waals surface area contributed by atoms with E-state index in [1.807, 2.05) is 11.8 Å². The average Bonchev–Trinajstić information content (AvgIpc) is 2.18. The van der Waals surface area contributed by atoms with Crippen molar-refractivity contribution in [1.29, 1.82) is 0 Å². The third-order valence-electron chi connectivity index (χ3n) is 2.73. The molecule has 1 aliphatic carbocycles. The number of hydrogen-bond donors (Lipinski definition) is 2. The first kappa shape index (κ1) is 10.9. The van der Waals surface area contributed by atoms with Gasteiger partial charge in [-0.2, -0.15) is 11.8 Å². The Morgan fingerprint density at radius 2 is 2.08 bits per heavy atom. The minimum atomic E-state index is -0.206. The van der Waals surface area contributed by atoms with Crippen molar-refractivity contribution in [2.24, 2.45) is 11.8 Å². The smallest absolute Gasteiger partial charge is 0.246 e. The first-order valence-corrected chi connectivity index (χ1v) is 6.10. The van der Waals surface area contributed by atoms with Crippen LogP contribution in [0.3, 0.4) is 0 Å². The van der Waals surface area contributed by atoms with Gasteiger partial charge in [-0.05, 0) is 43.6 Å². The van der Waals surface area contributed by atoms with Gasteiger partial charge in [-0.3, -0.25) is 10.0 Å². The van der Waals surface area contributed by atoms with Crippen molar-refractivity contribution >= 4 is 17.7 Å². The maximum Gasteiger partial charge on any atom is 0.246 e. The standard InChI is InChI=1S/C9H17NO2S/c1-13-6-7-2-4-8(5-3-7)9(11)10-12/h7-8,12H,2-6H2,1H3,(H,10,11). The van der Waals surface area contributed by atoms with Crippen molar-refractivity contribution in [3.8, 4) is 0 Å². The number of rotatable bonds is 3. The van der Waals surface area contributed by atoms with Crippen LogP contribution in [0.4, 0.5) is 0 Å². The zero-order valence-corrected chi connectivity index (χ0v) is 8.77. The molecule has 0 aromatic carbocycles. The first-order valence-electron chi connectivity index (χ1n) is 4.70. The SMILES string of the molecule is CSCC1CCC(C(=O)NO)CC1. The molecule has 0 atom stereocenters. The van der Waals surface area contributed by atoms with Gasteiger partial charge in [0.1, 0.15) is 0 Å². The summed E-state index contributed by atoms with van der Waals surface area (Å²) in [7, 11) is 0. The summed E-state index contributed by atoms with van der Waals surface area (Å²) in [6.45, 7) is 0. The maximum atomic E-state index is 11.1. The van der Waals surface area contributed by atoms with Crippen LogP contribution in [0.2, 0.25) is 0 Å². The largest absolute Gasteiger partial charge is 0.289 e. The minimum Gasteiger partial charge on any atom is -0.289 e. The lowest BCUT2D eigenvalue weighted by Gasteiger charge is -2.26. The molecule has 76 valence electrons. The zero-order valence-electron chi connectivity index (χ0n) is 7.95. The monoisotopic (exact) mass is 203 g/mol. The molecule has 0 unspecified atom stereocenters. The quantitative estimate of drug-likeness (QED) is 0.542. The minimum absolute atomic E-state index is 0.0445. The summed E-state index contributed by atoms with van der Waals surface area (Å²) in [6.07, 6.45) is 6.22. The van der Waals surface area contributed by atoms with E-state index >= 15 is 0 Å². The highest BCUT2D eigenvalue weighted by Crippen LogP contribution is 2.30. The van der Waals surface area contributed by atoms with Crippen molar-refractivity contribution in [2.45, 2.75) is 25.7 Å². The van der Waals surface area contributed by atoms with E-state index in [9.17, 15) is 4.79 Å². The number of hydroxylamine groups is 1. The number of carbonyl (C=O) groups excluding carboxylic acids is 1. The lowest BCUT2D eigenvalue weighted by Crippen LogP contribution is -2.31. The fourth-order valence-electron chi connectivity index (χ4n) is 1.92. The normalized spacial score (nSPS) is 28.5. The van der Waals surface area contributed by atoms with Crippen molar-refractivity contribution in [3.05, 3.63) is 0 Å². The topological polar surface area (TPSA) is 49.3 Å². The lowest BCUT2D eigenvalue weighted by molar-refractivity contribution is -0.134. The van der Waals surface area contributed by atoms with Crippen LogP contribution in [0.15, 0.2) is 0 Å². The van der Waals surface area contributed by atoms with Gasteiger partial charge in [-0.25, -0.2) is 5.48 Å². The Hall–Kier alpha value is -0.220. The first-order chi connectivity index (χ1) is 6.27. The summed E-state index contributed by atoms with van der Waals surface area (Å²) >= 11 is 1.87. The molecular weight excluding hydrogens is 186 g/mol. The van der Waals surface area contributed by atoms with Crippen molar-refractivity contribution in [2.75, 3.05) is 12.0 Å². The molecule has 1 amide bonds. The van der Waals surface area contributed by atoms with Gasteiger partial charge in [0.15, 0.2) is 0 Å². The van der Waals surface area contributed by atoms with Gasteiger partial charge >= 0.3 is 0 Å². The van der Waals surface area contributed by atoms with Gasteiger partial charge in [0.2, 0.25) is 5.91 Å². The molecule has 13 heavy (non-hydrogen) atoms. The Balaban J connectivity index is 2.26. The molecule has 0 bridgehead atoms. The summed E-state index contributed by atoms with van der Waals surface area (Å²) in [5, 5.41) is 8.45. The molecule has 0 saturated heterocycles. The Kier molecular flexibility index (Phi) is 4.59. The van der Waals surface area contributed by atoms with E-state index in [0.29, 0.717) is 0 Å². The molecule has 0 aromatic rings. The predicted octanol–water partition coefficient (Wildman–Crippen LogP) is 1.66. The van der Waals surface area contributed by atoms with E-state index in [4.69, 9.17) is 5.21 Å². The van der Waals surface area contributed by atoms with E-state index in [2.05, 4.69) is 6.26 Å². The highest BCUT2D eigenvalue weighted by atomic mass is 32.2. The van der Waals surface area contributed by atoms with Crippen LogP contribution in [0.1, 0.15) is 25.7 Å². The van der Waals surface area contributed by atoms with E-state index in [0.717, 1.165) is 31.6 Å². The van der Waals surface area contributed by atoms with Crippen molar-refractivity contribution in [1.82, 2.24) is 5.48 Å². The number of nitrogens with one attached hydrogen (secondary N) is 1. The molecule has 0 aromatic heterocycles. The second-order valence-electron chi connectivity index (χ2n) is 3.65. The van der Waals surface area contributed by atoms with Crippen molar-refractivity contribution in [3.63, 3.8) is 0 Å². The Morgan fingerprint density at radius 3 is 2.54 bits per heavy atom. The Morgan fingerprint density at radius 1 is 1.46 bits per heavy atom. The van der Waals surface area contributed by atoms with Gasteiger partial charge in [0.05, 0.1) is 0 Å². The molecule has 1 aliphatic rings. The van der Waals surface area contributed by atoms with Crippen LogP contribution in [0, 0.1) is 11.8 Å². The Bertz CT molecular complexity index is 167. The third kappa shape index (κ3) is 3.19. The molecule has 0 spiro atoms. The van der Waals surface area contributed by atoms with Crippen LogP contribution < -0.4 is 5.48 Å². The Labute approximate surface area is 83.2 Å². The van der Waals surface area contributed by atoms with Crippen molar-refractivity contribution < 1.29 is 10.0 Å².